The Morgan fingerprint density at radius 3 is 2.32 bits per heavy atom. The van der Waals surface area contributed by atoms with Crippen LogP contribution in [0.1, 0.15) is 36.8 Å². The zero-order valence-corrected chi connectivity index (χ0v) is 19.8. The third-order valence-electron chi connectivity index (χ3n) is 7.61. The quantitative estimate of drug-likeness (QED) is 0.762. The highest BCUT2D eigenvalue weighted by atomic mass is 16.2. The zero-order valence-electron chi connectivity index (χ0n) is 19.8. The summed E-state index contributed by atoms with van der Waals surface area (Å²) >= 11 is 0. The number of nitrogens with zero attached hydrogens (tertiary/aromatic N) is 3. The number of anilines is 2. The van der Waals surface area contributed by atoms with Crippen molar-refractivity contribution < 1.29 is 14.4 Å². The van der Waals surface area contributed by atoms with Gasteiger partial charge in [-0.3, -0.25) is 24.2 Å². The third kappa shape index (κ3) is 4.09. The summed E-state index contributed by atoms with van der Waals surface area (Å²) < 4.78 is 0. The van der Waals surface area contributed by atoms with E-state index in [1.165, 1.54) is 0 Å². The van der Waals surface area contributed by atoms with Gasteiger partial charge in [0.25, 0.3) is 5.91 Å². The molecule has 1 saturated heterocycles. The average molecular weight is 461 g/mol. The van der Waals surface area contributed by atoms with Crippen molar-refractivity contribution in [3.63, 3.8) is 0 Å². The minimum atomic E-state index is -0.781. The lowest BCUT2D eigenvalue weighted by molar-refractivity contribution is -0.133. The van der Waals surface area contributed by atoms with Crippen molar-refractivity contribution >= 4 is 29.1 Å². The first-order valence-corrected chi connectivity index (χ1v) is 12.3. The molecule has 5 rings (SSSR count). The molecule has 34 heavy (non-hydrogen) atoms. The molecule has 2 heterocycles. The normalized spacial score (nSPS) is 19.7. The van der Waals surface area contributed by atoms with Gasteiger partial charge in [0.05, 0.1) is 24.3 Å². The van der Waals surface area contributed by atoms with Crippen molar-refractivity contribution in [3.05, 3.63) is 59.7 Å². The average Bonchev–Trinajstić information content (AvgIpc) is 3.32. The molecule has 2 fully saturated rings. The maximum absolute atomic E-state index is 13.7. The Balaban J connectivity index is 1.25. The lowest BCUT2D eigenvalue weighted by atomic mass is 9.89. The van der Waals surface area contributed by atoms with Gasteiger partial charge in [0.15, 0.2) is 0 Å². The molecule has 0 aromatic heterocycles. The Morgan fingerprint density at radius 2 is 1.59 bits per heavy atom. The molecule has 178 valence electrons. The van der Waals surface area contributed by atoms with Crippen LogP contribution in [0.25, 0.3) is 0 Å². The summed E-state index contributed by atoms with van der Waals surface area (Å²) in [6.45, 7) is 4.81. The van der Waals surface area contributed by atoms with Crippen molar-refractivity contribution in [2.24, 2.45) is 0 Å². The van der Waals surface area contributed by atoms with Gasteiger partial charge in [-0.15, -0.1) is 0 Å². The second kappa shape index (κ2) is 9.22. The SMILES string of the molecule is Cc1ccccc1CC(=O)N1CCN(CC(=O)N2c3ccccc3NC(=O)C23CCCC3)CC1. The summed E-state index contributed by atoms with van der Waals surface area (Å²) in [5.41, 5.74) is 2.91. The fourth-order valence-electron chi connectivity index (χ4n) is 5.63. The molecule has 2 aromatic carbocycles. The maximum Gasteiger partial charge on any atom is 0.250 e. The number of aryl methyl sites for hydroxylation is 1. The molecule has 0 bridgehead atoms. The first-order valence-electron chi connectivity index (χ1n) is 12.3. The van der Waals surface area contributed by atoms with Crippen LogP contribution >= 0.6 is 0 Å². The zero-order chi connectivity index (χ0) is 23.7. The molecule has 2 aromatic rings. The molecule has 2 aliphatic heterocycles. The summed E-state index contributed by atoms with van der Waals surface area (Å²) in [5, 5.41) is 3.03. The van der Waals surface area contributed by atoms with Crippen LogP contribution in [-0.2, 0) is 20.8 Å². The molecule has 0 radical (unpaired) electrons. The topological polar surface area (TPSA) is 73.0 Å². The predicted octanol–water partition coefficient (Wildman–Crippen LogP) is 2.98. The summed E-state index contributed by atoms with van der Waals surface area (Å²) in [7, 11) is 0. The Bertz CT molecular complexity index is 1100. The Kier molecular flexibility index (Phi) is 6.13. The molecule has 1 spiro atoms. The summed E-state index contributed by atoms with van der Waals surface area (Å²) in [6.07, 6.45) is 3.69. The number of nitrogens with one attached hydrogen (secondary N) is 1. The highest BCUT2D eigenvalue weighted by Gasteiger charge is 2.52. The van der Waals surface area contributed by atoms with Gasteiger partial charge in [-0.25, -0.2) is 0 Å². The minimum absolute atomic E-state index is 0.0381. The number of piperazine rings is 1. The Hall–Kier alpha value is -3.19. The van der Waals surface area contributed by atoms with Crippen LogP contribution in [0.5, 0.6) is 0 Å². The number of hydrogen-bond acceptors (Lipinski definition) is 4. The van der Waals surface area contributed by atoms with Crippen molar-refractivity contribution in [2.75, 3.05) is 42.9 Å². The largest absolute Gasteiger partial charge is 0.340 e. The van der Waals surface area contributed by atoms with E-state index in [1.807, 2.05) is 60.4 Å². The molecule has 0 unspecified atom stereocenters. The van der Waals surface area contributed by atoms with Crippen LogP contribution in [0.2, 0.25) is 0 Å². The standard InChI is InChI=1S/C27H32N4O3/c1-20-8-2-3-9-21(20)18-24(32)30-16-14-29(15-17-30)19-25(33)31-23-11-5-4-10-22(23)28-26(34)27(31)12-6-7-13-27/h2-5,8-11H,6-7,12-19H2,1H3,(H,28,34). The van der Waals surface area contributed by atoms with Crippen LogP contribution in [0, 0.1) is 6.92 Å². The predicted molar refractivity (Wildman–Crippen MR) is 132 cm³/mol. The van der Waals surface area contributed by atoms with Crippen molar-refractivity contribution in [2.45, 2.75) is 44.6 Å². The number of para-hydroxylation sites is 2. The molecular formula is C27H32N4O3. The van der Waals surface area contributed by atoms with Gasteiger partial charge in [-0.1, -0.05) is 49.2 Å². The number of carbonyl (C=O) groups is 3. The van der Waals surface area contributed by atoms with Gasteiger partial charge < -0.3 is 10.2 Å². The monoisotopic (exact) mass is 460 g/mol. The lowest BCUT2D eigenvalue weighted by Gasteiger charge is -2.45. The molecule has 7 heteroatoms. The van der Waals surface area contributed by atoms with Crippen LogP contribution in [-0.4, -0.2) is 65.8 Å². The number of amides is 3. The van der Waals surface area contributed by atoms with Gasteiger partial charge in [-0.2, -0.15) is 0 Å². The highest BCUT2D eigenvalue weighted by molar-refractivity contribution is 6.15. The van der Waals surface area contributed by atoms with Crippen LogP contribution in [0.4, 0.5) is 11.4 Å². The van der Waals surface area contributed by atoms with E-state index < -0.39 is 5.54 Å². The van der Waals surface area contributed by atoms with Crippen LogP contribution in [0.15, 0.2) is 48.5 Å². The minimum Gasteiger partial charge on any atom is -0.340 e. The van der Waals surface area contributed by atoms with E-state index in [9.17, 15) is 14.4 Å². The smallest absolute Gasteiger partial charge is 0.250 e. The summed E-state index contributed by atoms with van der Waals surface area (Å²) in [5.74, 6) is 0.0272. The van der Waals surface area contributed by atoms with Crippen molar-refractivity contribution in [1.29, 1.82) is 0 Å². The van der Waals surface area contributed by atoms with E-state index in [-0.39, 0.29) is 24.3 Å². The molecule has 3 aliphatic rings. The van der Waals surface area contributed by atoms with E-state index >= 15 is 0 Å². The highest BCUT2D eigenvalue weighted by Crippen LogP contribution is 2.45. The van der Waals surface area contributed by atoms with Crippen LogP contribution < -0.4 is 10.2 Å². The first-order chi connectivity index (χ1) is 16.5. The van der Waals surface area contributed by atoms with Crippen molar-refractivity contribution in [1.82, 2.24) is 9.80 Å². The van der Waals surface area contributed by atoms with Gasteiger partial charge in [0.1, 0.15) is 5.54 Å². The van der Waals surface area contributed by atoms with Crippen molar-refractivity contribution in [3.8, 4) is 0 Å². The molecule has 7 nitrogen and oxygen atoms in total. The van der Waals surface area contributed by atoms with Gasteiger partial charge in [-0.05, 0) is 43.0 Å². The van der Waals surface area contributed by atoms with Crippen LogP contribution in [0.3, 0.4) is 0 Å². The summed E-state index contributed by atoms with van der Waals surface area (Å²) in [4.78, 5) is 45.4. The molecular weight excluding hydrogens is 428 g/mol. The summed E-state index contributed by atoms with van der Waals surface area (Å²) in [6, 6.07) is 15.6. The molecule has 3 amide bonds. The number of fused-ring (bicyclic) bond motifs is 1. The van der Waals surface area contributed by atoms with E-state index in [0.29, 0.717) is 51.1 Å². The second-order valence-corrected chi connectivity index (χ2v) is 9.70. The van der Waals surface area contributed by atoms with E-state index in [0.717, 1.165) is 29.7 Å². The van der Waals surface area contributed by atoms with Gasteiger partial charge in [0.2, 0.25) is 11.8 Å². The fourth-order valence-corrected chi connectivity index (χ4v) is 5.63. The first kappa shape index (κ1) is 22.6. The third-order valence-corrected chi connectivity index (χ3v) is 7.61. The molecule has 1 N–H and O–H groups in total. The number of carbonyl (C=O) groups excluding carboxylic acids is 3. The van der Waals surface area contributed by atoms with Gasteiger partial charge in [0, 0.05) is 26.2 Å². The van der Waals surface area contributed by atoms with E-state index in [1.54, 1.807) is 4.90 Å². The molecule has 1 aliphatic carbocycles. The maximum atomic E-state index is 13.7. The lowest BCUT2D eigenvalue weighted by Crippen LogP contribution is -2.62. The Morgan fingerprint density at radius 1 is 0.912 bits per heavy atom. The van der Waals surface area contributed by atoms with Gasteiger partial charge >= 0.3 is 0 Å². The number of rotatable bonds is 4. The Labute approximate surface area is 200 Å². The number of hydrogen-bond donors (Lipinski definition) is 1. The molecule has 0 atom stereocenters. The van der Waals surface area contributed by atoms with E-state index in [4.69, 9.17) is 0 Å². The van der Waals surface area contributed by atoms with E-state index in [2.05, 4.69) is 10.2 Å². The number of benzene rings is 2. The molecule has 1 saturated carbocycles. The fraction of sp³-hybridized carbons (Fsp3) is 0.444. The second-order valence-electron chi connectivity index (χ2n) is 9.70.